The Balaban J connectivity index is 3.15. The molecule has 1 aromatic rings. The predicted molar refractivity (Wildman–Crippen MR) is 72.8 cm³/mol. The predicted octanol–water partition coefficient (Wildman–Crippen LogP) is 3.67. The minimum absolute atomic E-state index is 0.00854. The van der Waals surface area contributed by atoms with Crippen molar-refractivity contribution in [3.63, 3.8) is 0 Å². The van der Waals surface area contributed by atoms with Gasteiger partial charge in [0.25, 0.3) is 5.91 Å². The first-order valence-electron chi connectivity index (χ1n) is 6.53. The molecular formula is C14H19F3N2O. The highest BCUT2D eigenvalue weighted by Gasteiger charge is 2.35. The summed E-state index contributed by atoms with van der Waals surface area (Å²) in [5.74, 6) is -0.492. The third-order valence-electron chi connectivity index (χ3n) is 3.19. The average Bonchev–Trinajstić information content (AvgIpc) is 2.42. The summed E-state index contributed by atoms with van der Waals surface area (Å²) in [5.41, 5.74) is -1.02. The van der Waals surface area contributed by atoms with Crippen molar-refractivity contribution in [1.82, 2.24) is 5.32 Å². The quantitative estimate of drug-likeness (QED) is 0.868. The molecule has 3 nitrogen and oxygen atoms in total. The lowest BCUT2D eigenvalue weighted by atomic mass is 10.0. The second-order valence-corrected chi connectivity index (χ2v) is 4.46. The molecule has 2 N–H and O–H groups in total. The van der Waals surface area contributed by atoms with Gasteiger partial charge in [0.1, 0.15) is 0 Å². The van der Waals surface area contributed by atoms with Crippen LogP contribution in [0.25, 0.3) is 0 Å². The maximum atomic E-state index is 12.9. The molecule has 0 aliphatic heterocycles. The van der Waals surface area contributed by atoms with Crippen molar-refractivity contribution in [3.8, 4) is 0 Å². The Morgan fingerprint density at radius 3 is 2.30 bits per heavy atom. The van der Waals surface area contributed by atoms with Crippen LogP contribution in [0.2, 0.25) is 0 Å². The molecule has 0 aliphatic rings. The third-order valence-corrected chi connectivity index (χ3v) is 3.19. The number of carbonyl (C=O) groups is 1. The van der Waals surface area contributed by atoms with Crippen LogP contribution < -0.4 is 10.6 Å². The van der Waals surface area contributed by atoms with Gasteiger partial charge in [-0.2, -0.15) is 13.2 Å². The molecule has 0 aromatic heterocycles. The Bertz CT molecular complexity index is 468. The molecule has 0 saturated heterocycles. The number of hydrogen-bond acceptors (Lipinski definition) is 2. The number of alkyl halides is 3. The van der Waals surface area contributed by atoms with Crippen LogP contribution in [0.1, 0.15) is 42.6 Å². The molecular weight excluding hydrogens is 269 g/mol. The van der Waals surface area contributed by atoms with Crippen molar-refractivity contribution in [2.24, 2.45) is 0 Å². The summed E-state index contributed by atoms with van der Waals surface area (Å²) in [7, 11) is 1.37. The van der Waals surface area contributed by atoms with Gasteiger partial charge < -0.3 is 10.6 Å². The van der Waals surface area contributed by atoms with E-state index < -0.39 is 17.6 Å². The van der Waals surface area contributed by atoms with Crippen molar-refractivity contribution in [3.05, 3.63) is 29.3 Å². The number of benzene rings is 1. The summed E-state index contributed by atoms with van der Waals surface area (Å²) in [6.07, 6.45) is -3.03. The van der Waals surface area contributed by atoms with E-state index in [1.54, 1.807) is 0 Å². The lowest BCUT2D eigenvalue weighted by Gasteiger charge is -2.19. The fourth-order valence-electron chi connectivity index (χ4n) is 2.00. The first-order valence-corrected chi connectivity index (χ1v) is 6.53. The summed E-state index contributed by atoms with van der Waals surface area (Å²) >= 11 is 0. The van der Waals surface area contributed by atoms with Crippen LogP contribution in [0, 0.1) is 0 Å². The highest BCUT2D eigenvalue weighted by molar-refractivity contribution is 6.00. The van der Waals surface area contributed by atoms with Gasteiger partial charge in [-0.15, -0.1) is 0 Å². The van der Waals surface area contributed by atoms with Gasteiger partial charge in [0.15, 0.2) is 0 Å². The molecule has 0 heterocycles. The molecule has 0 saturated carbocycles. The van der Waals surface area contributed by atoms with Gasteiger partial charge in [-0.05, 0) is 25.0 Å². The number of nitrogens with one attached hydrogen (secondary N) is 2. The molecule has 1 rings (SSSR count). The summed E-state index contributed by atoms with van der Waals surface area (Å²) in [6.45, 7) is 3.83. The molecule has 0 unspecified atom stereocenters. The molecule has 0 spiro atoms. The van der Waals surface area contributed by atoms with Crippen LogP contribution >= 0.6 is 0 Å². The number of halogens is 3. The zero-order valence-corrected chi connectivity index (χ0v) is 11.8. The molecule has 1 aromatic carbocycles. The smallest absolute Gasteiger partial charge is 0.387 e. The topological polar surface area (TPSA) is 41.1 Å². The van der Waals surface area contributed by atoms with E-state index in [-0.39, 0.29) is 17.3 Å². The maximum Gasteiger partial charge on any atom is 0.418 e. The first-order chi connectivity index (χ1) is 9.35. The molecule has 0 fully saturated rings. The molecule has 112 valence electrons. The molecule has 0 aliphatic carbocycles. The number of carbonyl (C=O) groups excluding carboxylic acids is 1. The standard InChI is InChI=1S/C14H19F3N2O/c1-4-9(5-2)19-13(20)10-7-6-8-11(12(10)18-3)14(15,16)17/h6-9,18H,4-5H2,1-3H3,(H,19,20). The van der Waals surface area contributed by atoms with E-state index in [4.69, 9.17) is 0 Å². The van der Waals surface area contributed by atoms with E-state index >= 15 is 0 Å². The summed E-state index contributed by atoms with van der Waals surface area (Å²) < 4.78 is 38.7. The molecule has 1 amide bonds. The number of rotatable bonds is 5. The summed E-state index contributed by atoms with van der Waals surface area (Å²) in [6, 6.07) is 3.55. The highest BCUT2D eigenvalue weighted by atomic mass is 19.4. The van der Waals surface area contributed by atoms with E-state index in [1.165, 1.54) is 19.2 Å². The zero-order valence-electron chi connectivity index (χ0n) is 11.8. The van der Waals surface area contributed by atoms with Gasteiger partial charge in [-0.3, -0.25) is 4.79 Å². The van der Waals surface area contributed by atoms with E-state index in [0.29, 0.717) is 0 Å². The second-order valence-electron chi connectivity index (χ2n) is 4.46. The number of anilines is 1. The van der Waals surface area contributed by atoms with Crippen molar-refractivity contribution < 1.29 is 18.0 Å². The average molecular weight is 288 g/mol. The monoisotopic (exact) mass is 288 g/mol. The van der Waals surface area contributed by atoms with Crippen LogP contribution in [0.15, 0.2) is 18.2 Å². The van der Waals surface area contributed by atoms with Gasteiger partial charge in [0.2, 0.25) is 0 Å². The van der Waals surface area contributed by atoms with Gasteiger partial charge >= 0.3 is 6.18 Å². The van der Waals surface area contributed by atoms with Gasteiger partial charge in [0, 0.05) is 13.1 Å². The SMILES string of the molecule is CCC(CC)NC(=O)c1cccc(C(F)(F)F)c1NC. The van der Waals surface area contributed by atoms with Crippen LogP contribution in [-0.2, 0) is 6.18 Å². The van der Waals surface area contributed by atoms with Crippen LogP contribution in [-0.4, -0.2) is 19.0 Å². The minimum Gasteiger partial charge on any atom is -0.387 e. The van der Waals surface area contributed by atoms with E-state index in [9.17, 15) is 18.0 Å². The van der Waals surface area contributed by atoms with Crippen molar-refractivity contribution in [2.45, 2.75) is 38.9 Å². The number of hydrogen-bond donors (Lipinski definition) is 2. The van der Waals surface area contributed by atoms with Crippen LogP contribution in [0.3, 0.4) is 0 Å². The molecule has 6 heteroatoms. The number of para-hydroxylation sites is 1. The Morgan fingerprint density at radius 2 is 1.85 bits per heavy atom. The Labute approximate surface area is 116 Å². The highest BCUT2D eigenvalue weighted by Crippen LogP contribution is 2.36. The van der Waals surface area contributed by atoms with E-state index in [0.717, 1.165) is 18.9 Å². The van der Waals surface area contributed by atoms with Gasteiger partial charge in [0.05, 0.1) is 16.8 Å². The third kappa shape index (κ3) is 3.65. The van der Waals surface area contributed by atoms with Crippen molar-refractivity contribution in [2.75, 3.05) is 12.4 Å². The van der Waals surface area contributed by atoms with E-state index in [2.05, 4.69) is 10.6 Å². The molecule has 0 atom stereocenters. The maximum absolute atomic E-state index is 12.9. The van der Waals surface area contributed by atoms with Gasteiger partial charge in [-0.25, -0.2) is 0 Å². The van der Waals surface area contributed by atoms with Crippen LogP contribution in [0.5, 0.6) is 0 Å². The minimum atomic E-state index is -4.50. The summed E-state index contributed by atoms with van der Waals surface area (Å²) in [4.78, 5) is 12.1. The lowest BCUT2D eigenvalue weighted by Crippen LogP contribution is -2.34. The Hall–Kier alpha value is -1.72. The second kappa shape index (κ2) is 6.63. The number of amides is 1. The molecule has 0 radical (unpaired) electrons. The Morgan fingerprint density at radius 1 is 1.25 bits per heavy atom. The zero-order chi connectivity index (χ0) is 15.3. The van der Waals surface area contributed by atoms with Crippen molar-refractivity contribution >= 4 is 11.6 Å². The van der Waals surface area contributed by atoms with Gasteiger partial charge in [-0.1, -0.05) is 19.9 Å². The van der Waals surface area contributed by atoms with E-state index in [1.807, 2.05) is 13.8 Å². The van der Waals surface area contributed by atoms with Crippen LogP contribution in [0.4, 0.5) is 18.9 Å². The lowest BCUT2D eigenvalue weighted by molar-refractivity contribution is -0.136. The molecule has 20 heavy (non-hydrogen) atoms. The largest absolute Gasteiger partial charge is 0.418 e. The summed E-state index contributed by atoms with van der Waals surface area (Å²) in [5, 5.41) is 5.22. The fourth-order valence-corrected chi connectivity index (χ4v) is 2.00. The Kier molecular flexibility index (Phi) is 5.42. The normalized spacial score (nSPS) is 11.6. The first kappa shape index (κ1) is 16.3. The van der Waals surface area contributed by atoms with Crippen molar-refractivity contribution in [1.29, 1.82) is 0 Å². The molecule has 0 bridgehead atoms. The fraction of sp³-hybridized carbons (Fsp3) is 0.500.